The molecule has 0 saturated carbocycles. The van der Waals surface area contributed by atoms with Crippen molar-refractivity contribution < 1.29 is 10.2 Å². The molecule has 0 aromatic heterocycles. The van der Waals surface area contributed by atoms with Crippen LogP contribution in [0.3, 0.4) is 0 Å². The molecular weight excluding hydrogens is 303 g/mol. The van der Waals surface area contributed by atoms with Crippen LogP contribution in [0.25, 0.3) is 0 Å². The lowest BCUT2D eigenvalue weighted by Crippen LogP contribution is -2.23. The highest BCUT2D eigenvalue weighted by Crippen LogP contribution is 2.50. The zero-order chi connectivity index (χ0) is 17.0. The third-order valence-electron chi connectivity index (χ3n) is 4.77. The normalized spacial score (nSPS) is 12.2. The summed E-state index contributed by atoms with van der Waals surface area (Å²) in [4.78, 5) is 0. The summed E-state index contributed by atoms with van der Waals surface area (Å²) in [6, 6.07) is 12.3. The van der Waals surface area contributed by atoms with Gasteiger partial charge in [-0.3, -0.25) is 0 Å². The number of aryl methyl sites for hydroxylation is 2. The van der Waals surface area contributed by atoms with Gasteiger partial charge < -0.3 is 10.2 Å². The maximum atomic E-state index is 10.6. The van der Waals surface area contributed by atoms with Gasteiger partial charge in [0, 0.05) is 10.7 Å². The van der Waals surface area contributed by atoms with Crippen molar-refractivity contribution in [2.45, 2.75) is 52.3 Å². The van der Waals surface area contributed by atoms with Gasteiger partial charge in [0.25, 0.3) is 0 Å². The first-order valence-corrected chi connectivity index (χ1v) is 9.25. The second-order valence-electron chi connectivity index (χ2n) is 6.20. The first-order valence-electron chi connectivity index (χ1n) is 8.25. The van der Waals surface area contributed by atoms with Crippen molar-refractivity contribution in [2.75, 3.05) is 0 Å². The summed E-state index contributed by atoms with van der Waals surface area (Å²) >= 11 is 0. The predicted molar refractivity (Wildman–Crippen MR) is 100 cm³/mol. The summed E-state index contributed by atoms with van der Waals surface area (Å²) < 4.78 is 0. The number of aromatic hydroxyl groups is 1. The Morgan fingerprint density at radius 1 is 1.04 bits per heavy atom. The van der Waals surface area contributed by atoms with Crippen LogP contribution >= 0.6 is 8.58 Å². The number of rotatable bonds is 6. The van der Waals surface area contributed by atoms with E-state index < -0.39 is 0 Å². The van der Waals surface area contributed by atoms with E-state index in [1.165, 1.54) is 10.9 Å². The van der Waals surface area contributed by atoms with Crippen molar-refractivity contribution in [2.24, 2.45) is 0 Å². The number of hydrogen-bond acceptors (Lipinski definition) is 2. The van der Waals surface area contributed by atoms with Crippen LogP contribution in [0, 0.1) is 13.8 Å². The van der Waals surface area contributed by atoms with Crippen molar-refractivity contribution in [1.82, 2.24) is 0 Å². The molecule has 1 atom stereocenters. The summed E-state index contributed by atoms with van der Waals surface area (Å²) in [5.74, 6) is 0.418. The average Bonchev–Trinajstić information content (AvgIpc) is 2.56. The molecule has 0 saturated heterocycles. The zero-order valence-electron chi connectivity index (χ0n) is 14.5. The number of aliphatic hydroxyl groups excluding tert-OH is 1. The largest absolute Gasteiger partial charge is 0.507 e. The smallest absolute Gasteiger partial charge is 0.122 e. The second kappa shape index (κ2) is 7.47. The molecule has 0 aliphatic carbocycles. The number of para-hydroxylation sites is 1. The average molecular weight is 330 g/mol. The molecule has 124 valence electrons. The summed E-state index contributed by atoms with van der Waals surface area (Å²) in [5.41, 5.74) is 4.12. The van der Waals surface area contributed by atoms with Crippen LogP contribution in [0.2, 0.25) is 0 Å². The topological polar surface area (TPSA) is 40.5 Å². The highest BCUT2D eigenvalue weighted by molar-refractivity contribution is 7.48. The number of phenolic OH excluding ortho intramolecular Hbond substituents is 1. The van der Waals surface area contributed by atoms with E-state index in [0.717, 1.165) is 29.5 Å². The van der Waals surface area contributed by atoms with Crippen LogP contribution in [0.5, 0.6) is 5.75 Å². The summed E-state index contributed by atoms with van der Waals surface area (Å²) in [6.07, 6.45) is 1.91. The van der Waals surface area contributed by atoms with E-state index in [9.17, 15) is 10.2 Å². The number of hydrogen-bond donors (Lipinski definition) is 2. The second-order valence-corrected chi connectivity index (χ2v) is 7.95. The lowest BCUT2D eigenvalue weighted by molar-refractivity contribution is 0.283. The Labute approximate surface area is 141 Å². The van der Waals surface area contributed by atoms with Gasteiger partial charge in [-0.25, -0.2) is 0 Å². The Balaban J connectivity index is 2.52. The quantitative estimate of drug-likeness (QED) is 0.765. The molecule has 1 unspecified atom stereocenters. The van der Waals surface area contributed by atoms with E-state index in [1.807, 2.05) is 26.0 Å². The minimum atomic E-state index is -0.0880. The fourth-order valence-corrected chi connectivity index (χ4v) is 4.84. The molecule has 0 fully saturated rings. The van der Waals surface area contributed by atoms with E-state index in [2.05, 4.69) is 38.1 Å². The molecule has 3 heteroatoms. The molecule has 2 N–H and O–H groups in total. The molecule has 2 nitrogen and oxygen atoms in total. The fraction of sp³-hybridized carbons (Fsp3) is 0.400. The van der Waals surface area contributed by atoms with Gasteiger partial charge in [-0.1, -0.05) is 64.4 Å². The SMILES string of the molecule is CCC(CC)(Pc1ccc(C)cc1CO)c1cccc(C)c1O. The first kappa shape index (κ1) is 18.0. The molecule has 0 bridgehead atoms. The van der Waals surface area contributed by atoms with Crippen LogP contribution in [-0.2, 0) is 11.8 Å². The fourth-order valence-electron chi connectivity index (χ4n) is 3.15. The maximum Gasteiger partial charge on any atom is 0.122 e. The number of phenols is 1. The van der Waals surface area contributed by atoms with E-state index >= 15 is 0 Å². The Morgan fingerprint density at radius 3 is 2.35 bits per heavy atom. The minimum Gasteiger partial charge on any atom is -0.507 e. The van der Waals surface area contributed by atoms with Gasteiger partial charge in [0.2, 0.25) is 0 Å². The van der Waals surface area contributed by atoms with Gasteiger partial charge in [-0.15, -0.1) is 0 Å². The summed E-state index contributed by atoms with van der Waals surface area (Å²) in [5, 5.41) is 21.4. The molecule has 2 aromatic carbocycles. The number of benzene rings is 2. The summed E-state index contributed by atoms with van der Waals surface area (Å²) in [6.45, 7) is 8.43. The lowest BCUT2D eigenvalue weighted by atomic mass is 9.90. The third-order valence-corrected chi connectivity index (χ3v) is 6.98. The highest BCUT2D eigenvalue weighted by Gasteiger charge is 2.32. The zero-order valence-corrected chi connectivity index (χ0v) is 15.5. The third kappa shape index (κ3) is 3.59. The van der Waals surface area contributed by atoms with E-state index in [4.69, 9.17) is 0 Å². The summed E-state index contributed by atoms with van der Waals surface area (Å²) in [7, 11) is 0.518. The molecule has 0 spiro atoms. The first-order chi connectivity index (χ1) is 11.0. The molecular formula is C20H27O2P. The van der Waals surface area contributed by atoms with Gasteiger partial charge >= 0.3 is 0 Å². The molecule has 0 aliphatic rings. The Morgan fingerprint density at radius 2 is 1.74 bits per heavy atom. The van der Waals surface area contributed by atoms with Gasteiger partial charge in [0.05, 0.1) is 6.61 Å². The van der Waals surface area contributed by atoms with Gasteiger partial charge in [-0.05, 0) is 43.1 Å². The Bertz CT molecular complexity index is 675. The van der Waals surface area contributed by atoms with Gasteiger partial charge in [0.15, 0.2) is 0 Å². The molecule has 0 aliphatic heterocycles. The molecule has 2 rings (SSSR count). The van der Waals surface area contributed by atoms with Gasteiger partial charge in [0.1, 0.15) is 5.75 Å². The predicted octanol–water partition coefficient (Wildman–Crippen LogP) is 4.52. The molecule has 0 heterocycles. The molecule has 0 amide bonds. The van der Waals surface area contributed by atoms with Crippen LogP contribution in [0.4, 0.5) is 0 Å². The minimum absolute atomic E-state index is 0.0628. The van der Waals surface area contributed by atoms with Crippen molar-refractivity contribution in [1.29, 1.82) is 0 Å². The monoisotopic (exact) mass is 330 g/mol. The number of aliphatic hydroxyl groups is 1. The van der Waals surface area contributed by atoms with Crippen LogP contribution in [-0.4, -0.2) is 10.2 Å². The highest BCUT2D eigenvalue weighted by atomic mass is 31.1. The van der Waals surface area contributed by atoms with Crippen molar-refractivity contribution in [3.8, 4) is 5.75 Å². The lowest BCUT2D eigenvalue weighted by Gasteiger charge is -2.34. The Hall–Kier alpha value is -1.37. The molecule has 0 radical (unpaired) electrons. The van der Waals surface area contributed by atoms with Crippen molar-refractivity contribution in [3.05, 3.63) is 58.7 Å². The molecule has 23 heavy (non-hydrogen) atoms. The van der Waals surface area contributed by atoms with E-state index in [-0.39, 0.29) is 11.8 Å². The van der Waals surface area contributed by atoms with E-state index in [1.54, 1.807) is 0 Å². The van der Waals surface area contributed by atoms with Crippen LogP contribution < -0.4 is 5.30 Å². The van der Waals surface area contributed by atoms with E-state index in [0.29, 0.717) is 14.3 Å². The van der Waals surface area contributed by atoms with Crippen molar-refractivity contribution in [3.63, 3.8) is 0 Å². The Kier molecular flexibility index (Phi) is 5.84. The van der Waals surface area contributed by atoms with Crippen LogP contribution in [0.1, 0.15) is 48.9 Å². The van der Waals surface area contributed by atoms with Crippen LogP contribution in [0.15, 0.2) is 36.4 Å². The maximum absolute atomic E-state index is 10.6. The van der Waals surface area contributed by atoms with Gasteiger partial charge in [-0.2, -0.15) is 0 Å². The van der Waals surface area contributed by atoms with Crippen molar-refractivity contribution >= 4 is 13.9 Å². The molecule has 2 aromatic rings. The standard InChI is InChI=1S/C20H27O2P/c1-5-20(6-2,17-9-7-8-15(4)19(17)22)23-18-11-10-14(3)12-16(18)13-21/h7-12,21-23H,5-6,13H2,1-4H3.